The van der Waals surface area contributed by atoms with Crippen LogP contribution < -0.4 is 0 Å². The number of rotatable bonds is 9. The number of carbonyl (C=O) groups excluding carboxylic acids is 1. The van der Waals surface area contributed by atoms with Crippen molar-refractivity contribution >= 4 is 27.2 Å². The molecule has 0 spiro atoms. The summed E-state index contributed by atoms with van der Waals surface area (Å²) in [5.74, 6) is -0.268. The molecule has 1 aromatic heterocycles. The summed E-state index contributed by atoms with van der Waals surface area (Å²) in [6, 6.07) is 8.90. The fourth-order valence-corrected chi connectivity index (χ4v) is 4.60. The molecule has 1 atom stereocenters. The highest BCUT2D eigenvalue weighted by atomic mass is 32.2. The second kappa shape index (κ2) is 8.80. The van der Waals surface area contributed by atoms with Gasteiger partial charge in [0.1, 0.15) is 0 Å². The number of aromatic nitrogens is 1. The number of carbonyl (C=O) groups is 1. The molecule has 0 radical (unpaired) electrons. The summed E-state index contributed by atoms with van der Waals surface area (Å²) < 4.78 is 25.6. The van der Waals surface area contributed by atoms with Gasteiger partial charge < -0.3 is 0 Å². The van der Waals surface area contributed by atoms with Crippen molar-refractivity contribution in [3.05, 3.63) is 42.1 Å². The van der Waals surface area contributed by atoms with Gasteiger partial charge in [-0.2, -0.15) is 0 Å². The van der Waals surface area contributed by atoms with Crippen molar-refractivity contribution in [2.24, 2.45) is 0 Å². The van der Waals surface area contributed by atoms with Crippen LogP contribution in [0.5, 0.6) is 0 Å². The minimum Gasteiger partial charge on any atom is -0.276 e. The largest absolute Gasteiger partial charge is 0.276 e. The number of para-hydroxylation sites is 1. The lowest BCUT2D eigenvalue weighted by molar-refractivity contribution is -0.230. The Kier molecular flexibility index (Phi) is 6.95. The van der Waals surface area contributed by atoms with E-state index in [9.17, 15) is 13.2 Å². The first-order valence-electron chi connectivity index (χ1n) is 9.10. The molecule has 0 aliphatic rings. The molecule has 2 rings (SSSR count). The van der Waals surface area contributed by atoms with E-state index in [1.807, 2.05) is 58.0 Å². The first-order chi connectivity index (χ1) is 12.6. The maximum Gasteiger partial charge on any atom is 0.233 e. The predicted molar refractivity (Wildman–Crippen MR) is 107 cm³/mol. The van der Waals surface area contributed by atoms with E-state index in [2.05, 4.69) is 4.98 Å². The number of nitrogens with zero attached hydrogens (tertiary/aromatic N) is 2. The topological polar surface area (TPSA) is 76.6 Å². The molecule has 0 aliphatic carbocycles. The molecule has 1 heterocycles. The molecule has 27 heavy (non-hydrogen) atoms. The summed E-state index contributed by atoms with van der Waals surface area (Å²) in [5, 5.41) is 2.06. The standard InChI is InChI=1S/C20H28N2O4S/c1-5-8-18(22(15-23)26-20(2,3)4)14-27(24,25)13-16-11-17-9-6-7-10-19(17)21-12-16/h6-7,9-12,15,18H,5,8,13-14H2,1-4H3/t18-/m0/s1. The van der Waals surface area contributed by atoms with Crippen LogP contribution in [-0.4, -0.2) is 42.3 Å². The van der Waals surface area contributed by atoms with E-state index in [0.717, 1.165) is 22.4 Å². The molecule has 0 saturated carbocycles. The van der Waals surface area contributed by atoms with Crippen LogP contribution in [0, 0.1) is 0 Å². The highest BCUT2D eigenvalue weighted by Crippen LogP contribution is 2.19. The minimum atomic E-state index is -3.46. The first kappa shape index (κ1) is 21.3. The lowest BCUT2D eigenvalue weighted by Gasteiger charge is -2.32. The molecule has 0 fully saturated rings. The van der Waals surface area contributed by atoms with Gasteiger partial charge in [0.25, 0.3) is 0 Å². The molecular formula is C20H28N2O4S. The molecule has 7 heteroatoms. The molecule has 0 saturated heterocycles. The van der Waals surface area contributed by atoms with E-state index >= 15 is 0 Å². The Morgan fingerprint density at radius 3 is 2.59 bits per heavy atom. The van der Waals surface area contributed by atoms with Gasteiger partial charge in [-0.05, 0) is 44.9 Å². The number of amides is 1. The fraction of sp³-hybridized carbons (Fsp3) is 0.500. The highest BCUT2D eigenvalue weighted by Gasteiger charge is 2.28. The zero-order chi connectivity index (χ0) is 20.1. The van der Waals surface area contributed by atoms with Gasteiger partial charge in [0.15, 0.2) is 9.84 Å². The van der Waals surface area contributed by atoms with E-state index in [1.54, 1.807) is 6.20 Å². The lowest BCUT2D eigenvalue weighted by Crippen LogP contribution is -2.43. The molecule has 148 valence electrons. The van der Waals surface area contributed by atoms with Crippen molar-refractivity contribution in [3.8, 4) is 0 Å². The molecule has 1 amide bonds. The number of hydrogen-bond acceptors (Lipinski definition) is 5. The first-order valence-corrected chi connectivity index (χ1v) is 10.9. The van der Waals surface area contributed by atoms with Crippen LogP contribution in [0.25, 0.3) is 10.9 Å². The van der Waals surface area contributed by atoms with Gasteiger partial charge in [-0.3, -0.25) is 14.6 Å². The Morgan fingerprint density at radius 2 is 1.96 bits per heavy atom. The third-order valence-corrected chi connectivity index (χ3v) is 5.61. The van der Waals surface area contributed by atoms with Crippen LogP contribution in [0.15, 0.2) is 36.5 Å². The summed E-state index contributed by atoms with van der Waals surface area (Å²) in [7, 11) is -3.46. The SMILES string of the molecule is CCC[C@@H](CS(=O)(=O)Cc1cnc2ccccc2c1)N(C=O)OC(C)(C)C. The maximum atomic E-state index is 12.8. The van der Waals surface area contributed by atoms with Gasteiger partial charge in [0.05, 0.1) is 28.7 Å². The smallest absolute Gasteiger partial charge is 0.233 e. The normalized spacial score (nSPS) is 13.5. The summed E-state index contributed by atoms with van der Waals surface area (Å²) in [5.41, 5.74) is 0.880. The Hall–Kier alpha value is -1.99. The summed E-state index contributed by atoms with van der Waals surface area (Å²) in [6.45, 7) is 7.41. The van der Waals surface area contributed by atoms with Gasteiger partial charge in [-0.1, -0.05) is 31.5 Å². The Labute approximate surface area is 161 Å². The zero-order valence-corrected chi connectivity index (χ0v) is 17.2. The number of pyridine rings is 1. The summed E-state index contributed by atoms with van der Waals surface area (Å²) >= 11 is 0. The molecule has 0 bridgehead atoms. The van der Waals surface area contributed by atoms with Crippen LogP contribution in [-0.2, 0) is 25.2 Å². The van der Waals surface area contributed by atoms with E-state index in [0.29, 0.717) is 18.4 Å². The van der Waals surface area contributed by atoms with Crippen LogP contribution in [0.4, 0.5) is 0 Å². The van der Waals surface area contributed by atoms with Crippen LogP contribution in [0.2, 0.25) is 0 Å². The average molecular weight is 393 g/mol. The number of hydrogen-bond donors (Lipinski definition) is 0. The van der Waals surface area contributed by atoms with Gasteiger partial charge >= 0.3 is 0 Å². The fourth-order valence-electron chi connectivity index (χ4n) is 2.92. The Balaban J connectivity index is 2.17. The summed E-state index contributed by atoms with van der Waals surface area (Å²) in [6.07, 6.45) is 3.45. The molecule has 2 aromatic rings. The van der Waals surface area contributed by atoms with Crippen molar-refractivity contribution < 1.29 is 18.0 Å². The number of benzene rings is 1. The number of fused-ring (bicyclic) bond motifs is 1. The second-order valence-electron chi connectivity index (χ2n) is 7.70. The predicted octanol–water partition coefficient (Wildman–Crippen LogP) is 3.51. The van der Waals surface area contributed by atoms with Crippen LogP contribution >= 0.6 is 0 Å². The molecular weight excluding hydrogens is 364 g/mol. The quantitative estimate of drug-likeness (QED) is 0.482. The highest BCUT2D eigenvalue weighted by molar-refractivity contribution is 7.90. The zero-order valence-electron chi connectivity index (χ0n) is 16.4. The molecule has 6 nitrogen and oxygen atoms in total. The van der Waals surface area contributed by atoms with Crippen LogP contribution in [0.1, 0.15) is 46.1 Å². The van der Waals surface area contributed by atoms with E-state index in [4.69, 9.17) is 4.84 Å². The molecule has 0 N–H and O–H groups in total. The van der Waals surface area contributed by atoms with Crippen molar-refractivity contribution in [1.82, 2.24) is 10.0 Å². The van der Waals surface area contributed by atoms with Gasteiger partial charge in [-0.15, -0.1) is 0 Å². The van der Waals surface area contributed by atoms with Crippen molar-refractivity contribution in [2.45, 2.75) is 57.9 Å². The lowest BCUT2D eigenvalue weighted by atomic mass is 10.2. The molecule has 1 aromatic carbocycles. The third kappa shape index (κ3) is 6.59. The van der Waals surface area contributed by atoms with Gasteiger partial charge in [-0.25, -0.2) is 13.5 Å². The second-order valence-corrected chi connectivity index (χ2v) is 9.81. The number of sulfone groups is 1. The van der Waals surface area contributed by atoms with Crippen molar-refractivity contribution in [1.29, 1.82) is 0 Å². The average Bonchev–Trinajstić information content (AvgIpc) is 2.58. The van der Waals surface area contributed by atoms with Crippen molar-refractivity contribution in [2.75, 3.05) is 5.75 Å². The molecule has 0 aliphatic heterocycles. The van der Waals surface area contributed by atoms with Gasteiger partial charge in [0, 0.05) is 11.6 Å². The van der Waals surface area contributed by atoms with E-state index in [-0.39, 0.29) is 11.5 Å². The van der Waals surface area contributed by atoms with Crippen molar-refractivity contribution in [3.63, 3.8) is 0 Å². The molecule has 0 unspecified atom stereocenters. The maximum absolute atomic E-state index is 12.8. The summed E-state index contributed by atoms with van der Waals surface area (Å²) in [4.78, 5) is 21.5. The number of hydroxylamine groups is 2. The Bertz CT molecular complexity index is 875. The minimum absolute atomic E-state index is 0.118. The van der Waals surface area contributed by atoms with E-state index < -0.39 is 21.5 Å². The monoisotopic (exact) mass is 392 g/mol. The van der Waals surface area contributed by atoms with Crippen LogP contribution in [0.3, 0.4) is 0 Å². The third-order valence-electron chi connectivity index (χ3n) is 3.94. The van der Waals surface area contributed by atoms with E-state index in [1.165, 1.54) is 0 Å². The van der Waals surface area contributed by atoms with Gasteiger partial charge in [0.2, 0.25) is 6.41 Å². The Morgan fingerprint density at radius 1 is 1.26 bits per heavy atom.